The molecule has 1 heterocycles. The molecular weight excluding hydrogens is 344 g/mol. The normalized spacial score (nSPS) is 12.3. The van der Waals surface area contributed by atoms with Crippen molar-refractivity contribution >= 4 is 28.4 Å². The van der Waals surface area contributed by atoms with Crippen molar-refractivity contribution in [2.45, 2.75) is 38.1 Å². The molecule has 0 aliphatic heterocycles. The van der Waals surface area contributed by atoms with Crippen LogP contribution in [0.4, 0.5) is 0 Å². The number of Topliss-reactive ketones (excluding diaryl/α,β-unsaturated/α-hetero) is 1. The van der Waals surface area contributed by atoms with Gasteiger partial charge in [-0.2, -0.15) is 0 Å². The zero-order valence-corrected chi connectivity index (χ0v) is 16.5. The molecule has 2 aromatic carbocycles. The highest BCUT2D eigenvalue weighted by atomic mass is 32.2. The van der Waals surface area contributed by atoms with E-state index in [-0.39, 0.29) is 16.6 Å². The summed E-state index contributed by atoms with van der Waals surface area (Å²) in [5.74, 6) is 0.0537. The Morgan fingerprint density at radius 2 is 1.73 bits per heavy atom. The molecule has 0 bridgehead atoms. The first-order valence-electron chi connectivity index (χ1n) is 8.54. The van der Waals surface area contributed by atoms with E-state index in [4.69, 9.17) is 0 Å². The standard InChI is InChI=1S/C21H22N2O2S/c1-12-10-14(3)17(11-13(12)2)19(24)15(4)26-21-22-18-9-7-6-8-16(18)20(25)23(21)5/h6-11,15H,1-5H3. The lowest BCUT2D eigenvalue weighted by Crippen LogP contribution is -2.22. The van der Waals surface area contributed by atoms with Crippen LogP contribution in [0.2, 0.25) is 0 Å². The maximum Gasteiger partial charge on any atom is 0.261 e. The number of thioether (sulfide) groups is 1. The number of aromatic nitrogens is 2. The first kappa shape index (κ1) is 18.4. The maximum absolute atomic E-state index is 13.0. The minimum atomic E-state index is -0.338. The first-order valence-corrected chi connectivity index (χ1v) is 9.42. The van der Waals surface area contributed by atoms with E-state index in [2.05, 4.69) is 4.98 Å². The van der Waals surface area contributed by atoms with Crippen LogP contribution in [0.3, 0.4) is 0 Å². The predicted molar refractivity (Wildman–Crippen MR) is 107 cm³/mol. The van der Waals surface area contributed by atoms with Gasteiger partial charge < -0.3 is 0 Å². The molecule has 5 heteroatoms. The van der Waals surface area contributed by atoms with Crippen molar-refractivity contribution in [2.75, 3.05) is 0 Å². The van der Waals surface area contributed by atoms with Gasteiger partial charge in [-0.3, -0.25) is 14.2 Å². The van der Waals surface area contributed by atoms with Crippen LogP contribution in [-0.4, -0.2) is 20.6 Å². The van der Waals surface area contributed by atoms with Crippen molar-refractivity contribution < 1.29 is 4.79 Å². The second-order valence-corrected chi connectivity index (χ2v) is 7.96. The van der Waals surface area contributed by atoms with Gasteiger partial charge in [-0.1, -0.05) is 30.0 Å². The molecule has 0 saturated carbocycles. The zero-order chi connectivity index (χ0) is 19.0. The third-order valence-electron chi connectivity index (χ3n) is 4.70. The highest BCUT2D eigenvalue weighted by Crippen LogP contribution is 2.26. The Morgan fingerprint density at radius 1 is 1.08 bits per heavy atom. The van der Waals surface area contributed by atoms with E-state index in [1.807, 2.05) is 58.0 Å². The minimum Gasteiger partial charge on any atom is -0.293 e. The highest BCUT2D eigenvalue weighted by Gasteiger charge is 2.21. The molecule has 26 heavy (non-hydrogen) atoms. The topological polar surface area (TPSA) is 52.0 Å². The Kier molecular flexibility index (Phi) is 5.01. The van der Waals surface area contributed by atoms with Crippen LogP contribution in [0.25, 0.3) is 10.9 Å². The number of carbonyl (C=O) groups is 1. The fourth-order valence-electron chi connectivity index (χ4n) is 2.96. The summed E-state index contributed by atoms with van der Waals surface area (Å²) in [6.45, 7) is 7.88. The van der Waals surface area contributed by atoms with Crippen molar-refractivity contribution in [1.82, 2.24) is 9.55 Å². The largest absolute Gasteiger partial charge is 0.293 e. The molecule has 0 aliphatic carbocycles. The molecule has 1 atom stereocenters. The molecule has 134 valence electrons. The molecule has 0 fully saturated rings. The molecular formula is C21H22N2O2S. The van der Waals surface area contributed by atoms with E-state index < -0.39 is 0 Å². The summed E-state index contributed by atoms with van der Waals surface area (Å²) in [6.07, 6.45) is 0. The Hall–Kier alpha value is -2.40. The summed E-state index contributed by atoms with van der Waals surface area (Å²) < 4.78 is 1.52. The second kappa shape index (κ2) is 7.08. The fraction of sp³-hybridized carbons (Fsp3) is 0.286. The van der Waals surface area contributed by atoms with Gasteiger partial charge in [-0.15, -0.1) is 0 Å². The zero-order valence-electron chi connectivity index (χ0n) is 15.7. The first-order chi connectivity index (χ1) is 12.3. The Balaban J connectivity index is 1.95. The molecule has 1 aromatic heterocycles. The fourth-order valence-corrected chi connectivity index (χ4v) is 3.90. The van der Waals surface area contributed by atoms with E-state index in [9.17, 15) is 9.59 Å². The average molecular weight is 366 g/mol. The summed E-state index contributed by atoms with van der Waals surface area (Å²) in [4.78, 5) is 30.1. The van der Waals surface area contributed by atoms with Crippen LogP contribution in [0.5, 0.6) is 0 Å². The monoisotopic (exact) mass is 366 g/mol. The number of aryl methyl sites for hydroxylation is 3. The van der Waals surface area contributed by atoms with Crippen LogP contribution < -0.4 is 5.56 Å². The second-order valence-electron chi connectivity index (χ2n) is 6.65. The molecule has 0 aliphatic rings. The van der Waals surface area contributed by atoms with Gasteiger partial charge >= 0.3 is 0 Å². The molecule has 3 rings (SSSR count). The van der Waals surface area contributed by atoms with E-state index >= 15 is 0 Å². The van der Waals surface area contributed by atoms with Crippen LogP contribution in [0.15, 0.2) is 46.3 Å². The quantitative estimate of drug-likeness (QED) is 0.394. The third-order valence-corrected chi connectivity index (χ3v) is 5.84. The van der Waals surface area contributed by atoms with Gasteiger partial charge in [0.25, 0.3) is 5.56 Å². The van der Waals surface area contributed by atoms with Gasteiger partial charge in [0.1, 0.15) is 0 Å². The number of para-hydroxylation sites is 1. The highest BCUT2D eigenvalue weighted by molar-refractivity contribution is 8.00. The van der Waals surface area contributed by atoms with Gasteiger partial charge in [0.2, 0.25) is 0 Å². The summed E-state index contributed by atoms with van der Waals surface area (Å²) in [7, 11) is 1.70. The Bertz CT molecular complexity index is 1070. The van der Waals surface area contributed by atoms with Crippen molar-refractivity contribution in [3.63, 3.8) is 0 Å². The summed E-state index contributed by atoms with van der Waals surface area (Å²) >= 11 is 1.32. The summed E-state index contributed by atoms with van der Waals surface area (Å²) in [6, 6.07) is 11.3. The van der Waals surface area contributed by atoms with Gasteiger partial charge in [-0.05, 0) is 62.6 Å². The van der Waals surface area contributed by atoms with E-state index in [1.54, 1.807) is 13.1 Å². The molecule has 3 aromatic rings. The smallest absolute Gasteiger partial charge is 0.261 e. The van der Waals surface area contributed by atoms with Crippen molar-refractivity contribution in [3.8, 4) is 0 Å². The Morgan fingerprint density at radius 3 is 2.46 bits per heavy atom. The lowest BCUT2D eigenvalue weighted by molar-refractivity contribution is 0.0993. The van der Waals surface area contributed by atoms with Crippen molar-refractivity contribution in [2.24, 2.45) is 7.05 Å². The maximum atomic E-state index is 13.0. The van der Waals surface area contributed by atoms with Crippen LogP contribution in [-0.2, 0) is 7.05 Å². The molecule has 1 unspecified atom stereocenters. The van der Waals surface area contributed by atoms with Crippen LogP contribution in [0, 0.1) is 20.8 Å². The summed E-state index contributed by atoms with van der Waals surface area (Å²) in [5, 5.41) is 0.800. The van der Waals surface area contributed by atoms with Gasteiger partial charge in [-0.25, -0.2) is 4.98 Å². The number of nitrogens with zero attached hydrogens (tertiary/aromatic N) is 2. The SMILES string of the molecule is Cc1cc(C)c(C(=O)C(C)Sc2nc3ccccc3c(=O)n2C)cc1C. The average Bonchev–Trinajstić information content (AvgIpc) is 2.62. The molecule has 0 spiro atoms. The predicted octanol–water partition coefficient (Wildman–Crippen LogP) is 4.22. The van der Waals surface area contributed by atoms with Crippen molar-refractivity contribution in [3.05, 3.63) is 69.0 Å². The minimum absolute atomic E-state index is 0.0537. The number of benzene rings is 2. The lowest BCUT2D eigenvalue weighted by atomic mass is 9.97. The Labute approximate surface area is 157 Å². The van der Waals surface area contributed by atoms with E-state index in [0.29, 0.717) is 16.1 Å². The number of hydrogen-bond acceptors (Lipinski definition) is 4. The van der Waals surface area contributed by atoms with Gasteiger partial charge in [0.15, 0.2) is 10.9 Å². The number of fused-ring (bicyclic) bond motifs is 1. The number of hydrogen-bond donors (Lipinski definition) is 0. The summed E-state index contributed by atoms with van der Waals surface area (Å²) in [5.41, 5.74) is 4.55. The molecule has 0 radical (unpaired) electrons. The molecule has 4 nitrogen and oxygen atoms in total. The van der Waals surface area contributed by atoms with Crippen molar-refractivity contribution in [1.29, 1.82) is 0 Å². The molecule has 0 amide bonds. The molecule has 0 N–H and O–H groups in total. The van der Waals surface area contributed by atoms with E-state index in [0.717, 1.165) is 16.7 Å². The number of ketones is 1. The van der Waals surface area contributed by atoms with Gasteiger partial charge in [0.05, 0.1) is 16.2 Å². The van der Waals surface area contributed by atoms with Crippen LogP contribution >= 0.6 is 11.8 Å². The molecule has 0 saturated heterocycles. The number of rotatable bonds is 4. The number of carbonyl (C=O) groups excluding carboxylic acids is 1. The lowest BCUT2D eigenvalue weighted by Gasteiger charge is -2.15. The van der Waals surface area contributed by atoms with Gasteiger partial charge in [0, 0.05) is 12.6 Å². The third kappa shape index (κ3) is 3.31. The van der Waals surface area contributed by atoms with E-state index in [1.165, 1.54) is 21.9 Å². The van der Waals surface area contributed by atoms with Crippen LogP contribution in [0.1, 0.15) is 34.0 Å².